The Morgan fingerprint density at radius 1 is 0.329 bits per heavy atom. The molecular formula is C79H151NO5. The second kappa shape index (κ2) is 74.5. The van der Waals surface area contributed by atoms with Crippen molar-refractivity contribution >= 4 is 11.9 Å². The van der Waals surface area contributed by atoms with Crippen LogP contribution in [0.2, 0.25) is 0 Å². The molecule has 0 bridgehead atoms. The summed E-state index contributed by atoms with van der Waals surface area (Å²) < 4.78 is 5.50. The van der Waals surface area contributed by atoms with Crippen molar-refractivity contribution in [2.24, 2.45) is 0 Å². The van der Waals surface area contributed by atoms with Crippen molar-refractivity contribution in [1.82, 2.24) is 5.32 Å². The van der Waals surface area contributed by atoms with Crippen molar-refractivity contribution in [1.29, 1.82) is 0 Å². The Labute approximate surface area is 532 Å². The minimum Gasteiger partial charge on any atom is -0.466 e. The molecule has 0 spiro atoms. The lowest BCUT2D eigenvalue weighted by Crippen LogP contribution is -2.45. The predicted molar refractivity (Wildman–Crippen MR) is 375 cm³/mol. The van der Waals surface area contributed by atoms with E-state index in [1.807, 2.05) is 0 Å². The number of aliphatic hydroxyl groups is 2. The Morgan fingerprint density at radius 2 is 0.588 bits per heavy atom. The monoisotopic (exact) mass is 1190 g/mol. The smallest absolute Gasteiger partial charge is 0.305 e. The largest absolute Gasteiger partial charge is 0.466 e. The number of hydrogen-bond donors (Lipinski definition) is 3. The predicted octanol–water partition coefficient (Wildman–Crippen LogP) is 25.4. The molecule has 0 saturated heterocycles. The van der Waals surface area contributed by atoms with E-state index in [4.69, 9.17) is 4.74 Å². The molecule has 0 aromatic rings. The summed E-state index contributed by atoms with van der Waals surface area (Å²) in [5.41, 5.74) is 0. The number of nitrogens with one attached hydrogen (secondary N) is 1. The van der Waals surface area contributed by atoms with Gasteiger partial charge in [-0.1, -0.05) is 371 Å². The molecule has 0 rings (SSSR count). The third-order valence-electron chi connectivity index (χ3n) is 18.2. The number of amides is 1. The van der Waals surface area contributed by atoms with Crippen LogP contribution in [0.15, 0.2) is 36.5 Å². The summed E-state index contributed by atoms with van der Waals surface area (Å²) in [5.74, 6) is -0.0169. The first-order chi connectivity index (χ1) is 42.0. The number of hydrogen-bond acceptors (Lipinski definition) is 5. The lowest BCUT2D eigenvalue weighted by atomic mass is 10.0. The number of carbonyl (C=O) groups is 2. The van der Waals surface area contributed by atoms with Crippen LogP contribution in [0.4, 0.5) is 0 Å². The van der Waals surface area contributed by atoms with E-state index in [9.17, 15) is 19.8 Å². The number of aliphatic hydroxyl groups excluding tert-OH is 2. The van der Waals surface area contributed by atoms with Crippen LogP contribution in [0.25, 0.3) is 0 Å². The molecule has 0 aromatic heterocycles. The van der Waals surface area contributed by atoms with Gasteiger partial charge in [0, 0.05) is 12.8 Å². The molecule has 3 N–H and O–H groups in total. The summed E-state index contributed by atoms with van der Waals surface area (Å²) in [6.07, 6.45) is 96.5. The van der Waals surface area contributed by atoms with Gasteiger partial charge in [0.15, 0.2) is 0 Å². The first-order valence-electron chi connectivity index (χ1n) is 38.7. The van der Waals surface area contributed by atoms with Gasteiger partial charge in [-0.15, -0.1) is 0 Å². The van der Waals surface area contributed by atoms with Crippen LogP contribution in [-0.2, 0) is 14.3 Å². The van der Waals surface area contributed by atoms with Crippen LogP contribution in [-0.4, -0.2) is 47.4 Å². The molecular weight excluding hydrogens is 1040 g/mol. The van der Waals surface area contributed by atoms with Crippen molar-refractivity contribution in [2.45, 2.75) is 443 Å². The van der Waals surface area contributed by atoms with E-state index in [-0.39, 0.29) is 18.5 Å². The SMILES string of the molecule is CCCCC/C=C\C/C=C\CCCCCCCCCC(=O)OCCCCCCCCCCCCCC/C=C\CCCCCCCCCCCCCCCCCCC(=O)NC(CO)C(O)CCCCCCCCCCCCCCCCCCCCC. The number of carbonyl (C=O) groups excluding carboxylic acids is 2. The van der Waals surface area contributed by atoms with Crippen molar-refractivity contribution in [3.63, 3.8) is 0 Å². The van der Waals surface area contributed by atoms with Gasteiger partial charge in [0.25, 0.3) is 0 Å². The summed E-state index contributed by atoms with van der Waals surface area (Å²) in [5, 5.41) is 23.4. The molecule has 0 aliphatic carbocycles. The molecule has 0 aliphatic rings. The van der Waals surface area contributed by atoms with Gasteiger partial charge in [-0.05, 0) is 83.5 Å². The number of ether oxygens (including phenoxy) is 1. The fourth-order valence-electron chi connectivity index (χ4n) is 12.3. The van der Waals surface area contributed by atoms with Gasteiger partial charge in [-0.2, -0.15) is 0 Å². The van der Waals surface area contributed by atoms with Crippen molar-refractivity contribution in [3.05, 3.63) is 36.5 Å². The van der Waals surface area contributed by atoms with Gasteiger partial charge in [0.2, 0.25) is 5.91 Å². The zero-order valence-corrected chi connectivity index (χ0v) is 57.6. The lowest BCUT2D eigenvalue weighted by Gasteiger charge is -2.22. The van der Waals surface area contributed by atoms with Gasteiger partial charge in [-0.3, -0.25) is 9.59 Å². The molecule has 2 atom stereocenters. The standard InChI is InChI=1S/C79H151NO5/c1-3-5-7-9-11-13-15-17-19-21-36-40-43-47-51-55-59-63-67-71-77(82)76(75-81)80-78(83)72-68-64-60-56-52-48-44-41-37-34-32-30-28-26-24-22-23-25-27-29-31-33-35-38-42-46-50-54-58-62-66-70-74-85-79(84)73-69-65-61-57-53-49-45-39-20-18-16-14-12-10-8-6-4-2/h12,14,18,20,25,27,76-77,81-82H,3-11,13,15-17,19,21-24,26,28-75H2,1-2H3,(H,80,83)/b14-12-,20-18-,27-25-. The summed E-state index contributed by atoms with van der Waals surface area (Å²) in [6.45, 7) is 4.97. The topological polar surface area (TPSA) is 95.9 Å². The summed E-state index contributed by atoms with van der Waals surface area (Å²) in [4.78, 5) is 24.7. The van der Waals surface area contributed by atoms with Crippen LogP contribution in [0.5, 0.6) is 0 Å². The maximum absolute atomic E-state index is 12.6. The number of rotatable bonds is 73. The van der Waals surface area contributed by atoms with Crippen molar-refractivity contribution in [3.8, 4) is 0 Å². The van der Waals surface area contributed by atoms with Crippen LogP contribution in [0.3, 0.4) is 0 Å². The molecule has 2 unspecified atom stereocenters. The van der Waals surface area contributed by atoms with Crippen molar-refractivity contribution < 1.29 is 24.5 Å². The molecule has 0 heterocycles. The zero-order valence-electron chi connectivity index (χ0n) is 57.6. The second-order valence-corrected chi connectivity index (χ2v) is 26.7. The van der Waals surface area contributed by atoms with Crippen LogP contribution in [0, 0.1) is 0 Å². The van der Waals surface area contributed by atoms with Gasteiger partial charge in [-0.25, -0.2) is 0 Å². The molecule has 502 valence electrons. The first-order valence-corrected chi connectivity index (χ1v) is 38.7. The number of allylic oxidation sites excluding steroid dienone is 6. The fraction of sp³-hybridized carbons (Fsp3) is 0.899. The van der Waals surface area contributed by atoms with Gasteiger partial charge in [0.05, 0.1) is 25.4 Å². The molecule has 0 fully saturated rings. The number of esters is 1. The third-order valence-corrected chi connectivity index (χ3v) is 18.2. The first kappa shape index (κ1) is 83.1. The molecule has 85 heavy (non-hydrogen) atoms. The third kappa shape index (κ3) is 71.0. The molecule has 6 nitrogen and oxygen atoms in total. The van der Waals surface area contributed by atoms with E-state index in [0.29, 0.717) is 25.9 Å². The molecule has 6 heteroatoms. The highest BCUT2D eigenvalue weighted by atomic mass is 16.5. The Hall–Kier alpha value is -1.92. The highest BCUT2D eigenvalue weighted by Gasteiger charge is 2.20. The van der Waals surface area contributed by atoms with Crippen LogP contribution < -0.4 is 5.32 Å². The molecule has 0 aliphatic heterocycles. The van der Waals surface area contributed by atoms with Gasteiger partial charge >= 0.3 is 5.97 Å². The average molecular weight is 1200 g/mol. The van der Waals surface area contributed by atoms with Crippen molar-refractivity contribution in [2.75, 3.05) is 13.2 Å². The summed E-state index contributed by atoms with van der Waals surface area (Å²) in [7, 11) is 0. The average Bonchev–Trinajstić information content (AvgIpc) is 3.51. The fourth-order valence-corrected chi connectivity index (χ4v) is 12.3. The summed E-state index contributed by atoms with van der Waals surface area (Å²) >= 11 is 0. The normalized spacial score (nSPS) is 12.7. The Balaban J connectivity index is 3.35. The number of unbranched alkanes of at least 4 members (excludes halogenated alkanes) is 56. The molecule has 0 saturated carbocycles. The van der Waals surface area contributed by atoms with E-state index in [0.717, 1.165) is 51.4 Å². The lowest BCUT2D eigenvalue weighted by molar-refractivity contribution is -0.143. The van der Waals surface area contributed by atoms with Gasteiger partial charge < -0.3 is 20.3 Å². The highest BCUT2D eigenvalue weighted by molar-refractivity contribution is 5.76. The Morgan fingerprint density at radius 3 is 0.929 bits per heavy atom. The van der Waals surface area contributed by atoms with Gasteiger partial charge in [0.1, 0.15) is 0 Å². The van der Waals surface area contributed by atoms with E-state index >= 15 is 0 Å². The maximum atomic E-state index is 12.6. The van der Waals surface area contributed by atoms with E-state index in [1.165, 1.54) is 347 Å². The minimum absolute atomic E-state index is 0.0111. The molecule has 0 radical (unpaired) electrons. The van der Waals surface area contributed by atoms with E-state index in [2.05, 4.69) is 55.6 Å². The van der Waals surface area contributed by atoms with E-state index < -0.39 is 12.1 Å². The second-order valence-electron chi connectivity index (χ2n) is 26.7. The molecule has 1 amide bonds. The summed E-state index contributed by atoms with van der Waals surface area (Å²) in [6, 6.07) is -0.540. The quantitative estimate of drug-likeness (QED) is 0.0320. The maximum Gasteiger partial charge on any atom is 0.305 e. The molecule has 0 aromatic carbocycles. The van der Waals surface area contributed by atoms with Crippen LogP contribution in [0.1, 0.15) is 431 Å². The van der Waals surface area contributed by atoms with E-state index in [1.54, 1.807) is 0 Å². The minimum atomic E-state index is -0.663. The Bertz CT molecular complexity index is 1380. The Kier molecular flexibility index (Phi) is 72.9. The zero-order chi connectivity index (χ0) is 61.3. The van der Waals surface area contributed by atoms with Crippen LogP contribution >= 0.6 is 0 Å². The highest BCUT2D eigenvalue weighted by Crippen LogP contribution is 2.19.